The standard InChI is InChI=1S/C17H23BrN2O2/c1-11(14-9-5-6-10-15(14)18)19-17(22)16(20-12(2)21)13-7-3-4-8-13/h5-6,9-11,13,16H,3-4,7-8H2,1-2H3,(H,19,22)(H,20,21). The van der Waals surface area contributed by atoms with Crippen molar-refractivity contribution in [3.05, 3.63) is 34.3 Å². The molecule has 0 bridgehead atoms. The van der Waals surface area contributed by atoms with E-state index < -0.39 is 6.04 Å². The van der Waals surface area contributed by atoms with Crippen LogP contribution in [-0.2, 0) is 9.59 Å². The lowest BCUT2D eigenvalue weighted by atomic mass is 9.96. The molecule has 1 aromatic rings. The summed E-state index contributed by atoms with van der Waals surface area (Å²) in [7, 11) is 0. The first-order valence-corrected chi connectivity index (χ1v) is 8.60. The average molecular weight is 367 g/mol. The van der Waals surface area contributed by atoms with Crippen LogP contribution in [0.5, 0.6) is 0 Å². The number of hydrogen-bond donors (Lipinski definition) is 2. The van der Waals surface area contributed by atoms with Crippen molar-refractivity contribution >= 4 is 27.7 Å². The third-order valence-electron chi connectivity index (χ3n) is 4.24. The Hall–Kier alpha value is -1.36. The zero-order valence-electron chi connectivity index (χ0n) is 13.1. The van der Waals surface area contributed by atoms with E-state index >= 15 is 0 Å². The number of carbonyl (C=O) groups excluding carboxylic acids is 2. The summed E-state index contributed by atoms with van der Waals surface area (Å²) in [5.41, 5.74) is 1.03. The molecule has 2 unspecified atom stereocenters. The van der Waals surface area contributed by atoms with Crippen molar-refractivity contribution in [2.45, 2.75) is 51.6 Å². The molecular weight excluding hydrogens is 344 g/mol. The molecule has 2 amide bonds. The van der Waals surface area contributed by atoms with E-state index in [1.807, 2.05) is 31.2 Å². The summed E-state index contributed by atoms with van der Waals surface area (Å²) >= 11 is 3.51. The van der Waals surface area contributed by atoms with Gasteiger partial charge in [-0.05, 0) is 37.3 Å². The minimum atomic E-state index is -0.426. The number of halogens is 1. The maximum absolute atomic E-state index is 12.6. The van der Waals surface area contributed by atoms with Gasteiger partial charge in [-0.15, -0.1) is 0 Å². The molecule has 4 nitrogen and oxygen atoms in total. The maximum Gasteiger partial charge on any atom is 0.243 e. The summed E-state index contributed by atoms with van der Waals surface area (Å²) in [5, 5.41) is 5.87. The van der Waals surface area contributed by atoms with Crippen LogP contribution in [-0.4, -0.2) is 17.9 Å². The SMILES string of the molecule is CC(=O)NC(C(=O)NC(C)c1ccccc1Br)C1CCCC1. The van der Waals surface area contributed by atoms with Crippen LogP contribution >= 0.6 is 15.9 Å². The van der Waals surface area contributed by atoms with Gasteiger partial charge >= 0.3 is 0 Å². The molecule has 22 heavy (non-hydrogen) atoms. The van der Waals surface area contributed by atoms with Crippen LogP contribution < -0.4 is 10.6 Å². The maximum atomic E-state index is 12.6. The highest BCUT2D eigenvalue weighted by molar-refractivity contribution is 9.10. The molecule has 0 aromatic heterocycles. The van der Waals surface area contributed by atoms with Gasteiger partial charge in [0.2, 0.25) is 11.8 Å². The molecule has 1 saturated carbocycles. The van der Waals surface area contributed by atoms with E-state index in [1.165, 1.54) is 6.92 Å². The van der Waals surface area contributed by atoms with Gasteiger partial charge in [0.25, 0.3) is 0 Å². The molecule has 0 radical (unpaired) electrons. The molecule has 0 spiro atoms. The minimum absolute atomic E-state index is 0.0923. The molecule has 1 aliphatic carbocycles. The Balaban J connectivity index is 2.06. The summed E-state index contributed by atoms with van der Waals surface area (Å²) < 4.78 is 0.972. The largest absolute Gasteiger partial charge is 0.348 e. The monoisotopic (exact) mass is 366 g/mol. The van der Waals surface area contributed by atoms with Crippen LogP contribution in [0.15, 0.2) is 28.7 Å². The minimum Gasteiger partial charge on any atom is -0.348 e. The smallest absolute Gasteiger partial charge is 0.243 e. The number of carbonyl (C=O) groups is 2. The zero-order chi connectivity index (χ0) is 16.1. The van der Waals surface area contributed by atoms with Crippen molar-refractivity contribution in [2.75, 3.05) is 0 Å². The molecule has 5 heteroatoms. The van der Waals surface area contributed by atoms with Gasteiger partial charge in [-0.1, -0.05) is 47.0 Å². The fourth-order valence-electron chi connectivity index (χ4n) is 3.11. The summed E-state index contributed by atoms with van der Waals surface area (Å²) in [5.74, 6) is 0.00117. The van der Waals surface area contributed by atoms with Crippen LogP contribution in [0.1, 0.15) is 51.1 Å². The Kier molecular flexibility index (Phi) is 6.00. The second kappa shape index (κ2) is 7.77. The normalized spacial score (nSPS) is 17.8. The fourth-order valence-corrected chi connectivity index (χ4v) is 3.74. The summed E-state index contributed by atoms with van der Waals surface area (Å²) in [6.07, 6.45) is 4.27. The topological polar surface area (TPSA) is 58.2 Å². The second-order valence-corrected chi connectivity index (χ2v) is 6.83. The highest BCUT2D eigenvalue weighted by Gasteiger charge is 2.32. The number of benzene rings is 1. The van der Waals surface area contributed by atoms with Gasteiger partial charge in [-0.2, -0.15) is 0 Å². The first-order chi connectivity index (χ1) is 10.5. The quantitative estimate of drug-likeness (QED) is 0.839. The Morgan fingerprint density at radius 1 is 1.18 bits per heavy atom. The Bertz CT molecular complexity index is 541. The van der Waals surface area contributed by atoms with Crippen LogP contribution in [0.4, 0.5) is 0 Å². The highest BCUT2D eigenvalue weighted by atomic mass is 79.9. The molecule has 2 N–H and O–H groups in total. The lowest BCUT2D eigenvalue weighted by Gasteiger charge is -2.25. The molecule has 1 aliphatic rings. The van der Waals surface area contributed by atoms with Gasteiger partial charge in [-0.25, -0.2) is 0 Å². The van der Waals surface area contributed by atoms with Gasteiger partial charge in [0.1, 0.15) is 6.04 Å². The Morgan fingerprint density at radius 2 is 1.82 bits per heavy atom. The molecule has 1 aromatic carbocycles. The molecule has 0 saturated heterocycles. The van der Waals surface area contributed by atoms with Crippen molar-refractivity contribution in [1.29, 1.82) is 0 Å². The number of nitrogens with one attached hydrogen (secondary N) is 2. The van der Waals surface area contributed by atoms with E-state index in [9.17, 15) is 9.59 Å². The molecule has 120 valence electrons. The Labute approximate surface area is 140 Å². The van der Waals surface area contributed by atoms with Gasteiger partial charge in [-0.3, -0.25) is 9.59 Å². The van der Waals surface area contributed by atoms with E-state index in [4.69, 9.17) is 0 Å². The van der Waals surface area contributed by atoms with Crippen LogP contribution in [0.3, 0.4) is 0 Å². The first-order valence-electron chi connectivity index (χ1n) is 7.81. The predicted octanol–water partition coefficient (Wildman–Crippen LogP) is 3.32. The lowest BCUT2D eigenvalue weighted by molar-refractivity contribution is -0.129. The third-order valence-corrected chi connectivity index (χ3v) is 4.97. The highest BCUT2D eigenvalue weighted by Crippen LogP contribution is 2.29. The van der Waals surface area contributed by atoms with Gasteiger partial charge < -0.3 is 10.6 Å². The summed E-state index contributed by atoms with van der Waals surface area (Å²) in [6.45, 7) is 3.42. The number of amides is 2. The molecule has 2 atom stereocenters. The zero-order valence-corrected chi connectivity index (χ0v) is 14.7. The van der Waals surface area contributed by atoms with Gasteiger partial charge in [0.15, 0.2) is 0 Å². The van der Waals surface area contributed by atoms with Crippen LogP contribution in [0, 0.1) is 5.92 Å². The molecule has 0 heterocycles. The van der Waals surface area contributed by atoms with Crippen molar-refractivity contribution < 1.29 is 9.59 Å². The third kappa shape index (κ3) is 4.32. The lowest BCUT2D eigenvalue weighted by Crippen LogP contribution is -2.50. The predicted molar refractivity (Wildman–Crippen MR) is 90.3 cm³/mol. The number of rotatable bonds is 5. The average Bonchev–Trinajstić information content (AvgIpc) is 2.98. The van der Waals surface area contributed by atoms with E-state index in [-0.39, 0.29) is 23.8 Å². The first kappa shape index (κ1) is 17.0. The van der Waals surface area contributed by atoms with E-state index in [0.717, 1.165) is 35.7 Å². The van der Waals surface area contributed by atoms with E-state index in [1.54, 1.807) is 0 Å². The summed E-state index contributed by atoms with van der Waals surface area (Å²) in [6, 6.07) is 7.30. The van der Waals surface area contributed by atoms with Crippen molar-refractivity contribution in [2.24, 2.45) is 5.92 Å². The molecular formula is C17H23BrN2O2. The van der Waals surface area contributed by atoms with Gasteiger partial charge in [0, 0.05) is 11.4 Å². The molecule has 2 rings (SSSR count). The van der Waals surface area contributed by atoms with E-state index in [0.29, 0.717) is 0 Å². The molecule has 0 aliphatic heterocycles. The van der Waals surface area contributed by atoms with E-state index in [2.05, 4.69) is 26.6 Å². The molecule has 1 fully saturated rings. The number of hydrogen-bond acceptors (Lipinski definition) is 2. The summed E-state index contributed by atoms with van der Waals surface area (Å²) in [4.78, 5) is 24.0. The van der Waals surface area contributed by atoms with Crippen LogP contribution in [0.2, 0.25) is 0 Å². The fraction of sp³-hybridized carbons (Fsp3) is 0.529. The van der Waals surface area contributed by atoms with Crippen LogP contribution in [0.25, 0.3) is 0 Å². The van der Waals surface area contributed by atoms with Crippen molar-refractivity contribution in [1.82, 2.24) is 10.6 Å². The van der Waals surface area contributed by atoms with Gasteiger partial charge in [0.05, 0.1) is 6.04 Å². The second-order valence-electron chi connectivity index (χ2n) is 5.97. The van der Waals surface area contributed by atoms with Crippen molar-refractivity contribution in [3.8, 4) is 0 Å². The Morgan fingerprint density at radius 3 is 2.41 bits per heavy atom. The van der Waals surface area contributed by atoms with Crippen molar-refractivity contribution in [3.63, 3.8) is 0 Å².